The van der Waals surface area contributed by atoms with Gasteiger partial charge in [-0.2, -0.15) is 0 Å². The topological polar surface area (TPSA) is 71.5 Å². The fourth-order valence-corrected chi connectivity index (χ4v) is 2.39. The van der Waals surface area contributed by atoms with Crippen LogP contribution in [0.3, 0.4) is 0 Å². The highest BCUT2D eigenvalue weighted by molar-refractivity contribution is 5.90. The number of amides is 2. The summed E-state index contributed by atoms with van der Waals surface area (Å²) < 4.78 is 5.84. The summed E-state index contributed by atoms with van der Waals surface area (Å²) in [5, 5.41) is 2.75. The van der Waals surface area contributed by atoms with Crippen molar-refractivity contribution < 1.29 is 14.3 Å². The van der Waals surface area contributed by atoms with Gasteiger partial charge in [-0.1, -0.05) is 13.8 Å². The van der Waals surface area contributed by atoms with Crippen molar-refractivity contribution in [2.75, 3.05) is 18.4 Å². The molecule has 6 nitrogen and oxygen atoms in total. The second-order valence-corrected chi connectivity index (χ2v) is 5.34. The molecule has 1 aliphatic rings. The number of rotatable bonds is 5. The maximum absolute atomic E-state index is 11.6. The Morgan fingerprint density at radius 1 is 1.27 bits per heavy atom. The van der Waals surface area contributed by atoms with Gasteiger partial charge in [0.05, 0.1) is 11.9 Å². The van der Waals surface area contributed by atoms with Crippen LogP contribution in [0.15, 0.2) is 18.3 Å². The first-order valence-electron chi connectivity index (χ1n) is 7.82. The minimum Gasteiger partial charge on any atom is -0.474 e. The minimum atomic E-state index is -0.0385. The summed E-state index contributed by atoms with van der Waals surface area (Å²) in [6.07, 6.45) is 4.32. The Morgan fingerprint density at radius 2 is 2.00 bits per heavy atom. The van der Waals surface area contributed by atoms with Gasteiger partial charge >= 0.3 is 0 Å². The molecule has 1 N–H and O–H groups in total. The number of aromatic nitrogens is 1. The Hall–Kier alpha value is -2.11. The number of nitrogens with zero attached hydrogens (tertiary/aromatic N) is 2. The lowest BCUT2D eigenvalue weighted by Crippen LogP contribution is -2.41. The molecule has 2 amide bonds. The quantitative estimate of drug-likeness (QED) is 0.905. The van der Waals surface area contributed by atoms with E-state index < -0.39 is 0 Å². The number of piperidine rings is 1. The third kappa shape index (κ3) is 4.44. The predicted octanol–water partition coefficient (Wildman–Crippen LogP) is 2.21. The van der Waals surface area contributed by atoms with E-state index in [2.05, 4.69) is 10.3 Å². The molecule has 120 valence electrons. The third-order valence-electron chi connectivity index (χ3n) is 3.73. The molecule has 0 aliphatic carbocycles. The Balaban J connectivity index is 1.82. The fraction of sp³-hybridized carbons (Fsp3) is 0.562. The average Bonchev–Trinajstić information content (AvgIpc) is 2.56. The number of carbonyl (C=O) groups excluding carboxylic acids is 2. The van der Waals surface area contributed by atoms with Crippen molar-refractivity contribution in [3.05, 3.63) is 18.3 Å². The van der Waals surface area contributed by atoms with Crippen LogP contribution in [0.25, 0.3) is 0 Å². The molecule has 0 aromatic carbocycles. The van der Waals surface area contributed by atoms with E-state index in [-0.39, 0.29) is 17.9 Å². The number of hydrogen-bond acceptors (Lipinski definition) is 4. The zero-order valence-corrected chi connectivity index (χ0v) is 13.2. The summed E-state index contributed by atoms with van der Waals surface area (Å²) in [5.41, 5.74) is 0.669. The molecule has 0 bridgehead atoms. The van der Waals surface area contributed by atoms with Crippen LogP contribution in [0.2, 0.25) is 0 Å². The number of pyridine rings is 1. The lowest BCUT2D eigenvalue weighted by Gasteiger charge is -2.31. The van der Waals surface area contributed by atoms with Crippen molar-refractivity contribution >= 4 is 17.5 Å². The van der Waals surface area contributed by atoms with Gasteiger partial charge in [0.2, 0.25) is 17.7 Å². The first-order chi connectivity index (χ1) is 10.6. The molecule has 0 saturated carbocycles. The van der Waals surface area contributed by atoms with E-state index in [0.717, 1.165) is 25.9 Å². The average molecular weight is 305 g/mol. The maximum atomic E-state index is 11.6. The number of anilines is 1. The highest BCUT2D eigenvalue weighted by atomic mass is 16.5. The van der Waals surface area contributed by atoms with Gasteiger partial charge in [-0.05, 0) is 6.07 Å². The molecule has 1 fully saturated rings. The van der Waals surface area contributed by atoms with Crippen molar-refractivity contribution in [3.8, 4) is 5.88 Å². The van der Waals surface area contributed by atoms with Crippen LogP contribution < -0.4 is 10.1 Å². The molecule has 1 aromatic heterocycles. The van der Waals surface area contributed by atoms with Crippen LogP contribution in [-0.4, -0.2) is 40.9 Å². The number of carbonyl (C=O) groups is 2. The molecule has 1 aromatic rings. The number of likely N-dealkylation sites (tertiary alicyclic amines) is 1. The molecule has 0 unspecified atom stereocenters. The van der Waals surface area contributed by atoms with E-state index in [4.69, 9.17) is 4.74 Å². The molecule has 22 heavy (non-hydrogen) atoms. The molecule has 0 atom stereocenters. The number of ether oxygens (including phenoxy) is 1. The summed E-state index contributed by atoms with van der Waals surface area (Å²) in [7, 11) is 0. The molecule has 0 radical (unpaired) electrons. The lowest BCUT2D eigenvalue weighted by atomic mass is 10.1. The monoisotopic (exact) mass is 305 g/mol. The molecule has 1 aliphatic heterocycles. The Kier molecular flexibility index (Phi) is 5.75. The normalized spacial score (nSPS) is 15.5. The minimum absolute atomic E-state index is 0.0385. The van der Waals surface area contributed by atoms with Gasteiger partial charge in [0.1, 0.15) is 6.10 Å². The zero-order valence-electron chi connectivity index (χ0n) is 13.2. The second-order valence-electron chi connectivity index (χ2n) is 5.34. The molecule has 0 spiro atoms. The third-order valence-corrected chi connectivity index (χ3v) is 3.73. The first-order valence-corrected chi connectivity index (χ1v) is 7.82. The predicted molar refractivity (Wildman–Crippen MR) is 83.7 cm³/mol. The first kappa shape index (κ1) is 16.3. The van der Waals surface area contributed by atoms with Crippen LogP contribution in [0.4, 0.5) is 5.69 Å². The summed E-state index contributed by atoms with van der Waals surface area (Å²) in [4.78, 5) is 29.0. The lowest BCUT2D eigenvalue weighted by molar-refractivity contribution is -0.132. The molecular formula is C16H23N3O3. The summed E-state index contributed by atoms with van der Waals surface area (Å²) >= 11 is 0. The molecule has 2 rings (SSSR count). The smallest absolute Gasteiger partial charge is 0.224 e. The van der Waals surface area contributed by atoms with Gasteiger partial charge in [0.25, 0.3) is 0 Å². The number of nitrogens with one attached hydrogen (secondary N) is 1. The maximum Gasteiger partial charge on any atom is 0.224 e. The molecular weight excluding hydrogens is 282 g/mol. The molecule has 1 saturated heterocycles. The van der Waals surface area contributed by atoms with E-state index in [9.17, 15) is 9.59 Å². The van der Waals surface area contributed by atoms with Gasteiger partial charge in [0, 0.05) is 44.8 Å². The second kappa shape index (κ2) is 7.77. The Morgan fingerprint density at radius 3 is 2.55 bits per heavy atom. The van der Waals surface area contributed by atoms with Crippen molar-refractivity contribution in [1.29, 1.82) is 0 Å². The van der Waals surface area contributed by atoms with Crippen LogP contribution in [0.1, 0.15) is 39.5 Å². The van der Waals surface area contributed by atoms with E-state index in [0.29, 0.717) is 24.4 Å². The van der Waals surface area contributed by atoms with E-state index in [1.165, 1.54) is 0 Å². The SMILES string of the molecule is CCC(=O)Nc1ccc(OC2CCN(C(=O)CC)CC2)nc1. The Labute approximate surface area is 130 Å². The highest BCUT2D eigenvalue weighted by Gasteiger charge is 2.23. The summed E-state index contributed by atoms with van der Waals surface area (Å²) in [6.45, 7) is 5.16. The van der Waals surface area contributed by atoms with E-state index in [1.54, 1.807) is 25.3 Å². The largest absolute Gasteiger partial charge is 0.474 e. The Bertz CT molecular complexity index is 508. The van der Waals surface area contributed by atoms with Gasteiger partial charge in [-0.3, -0.25) is 9.59 Å². The van der Waals surface area contributed by atoms with Crippen molar-refractivity contribution in [2.45, 2.75) is 45.6 Å². The van der Waals surface area contributed by atoms with E-state index >= 15 is 0 Å². The number of hydrogen-bond donors (Lipinski definition) is 1. The summed E-state index contributed by atoms with van der Waals surface area (Å²) in [6, 6.07) is 3.54. The van der Waals surface area contributed by atoms with Crippen molar-refractivity contribution in [3.63, 3.8) is 0 Å². The van der Waals surface area contributed by atoms with Gasteiger partial charge in [-0.15, -0.1) is 0 Å². The van der Waals surface area contributed by atoms with Crippen LogP contribution in [0, 0.1) is 0 Å². The molecule has 6 heteroatoms. The fourth-order valence-electron chi connectivity index (χ4n) is 2.39. The molecule has 2 heterocycles. The van der Waals surface area contributed by atoms with Crippen molar-refractivity contribution in [2.24, 2.45) is 0 Å². The van der Waals surface area contributed by atoms with E-state index in [1.807, 2.05) is 11.8 Å². The van der Waals surface area contributed by atoms with Crippen LogP contribution >= 0.6 is 0 Å². The van der Waals surface area contributed by atoms with Crippen molar-refractivity contribution in [1.82, 2.24) is 9.88 Å². The van der Waals surface area contributed by atoms with Crippen LogP contribution in [-0.2, 0) is 9.59 Å². The highest BCUT2D eigenvalue weighted by Crippen LogP contribution is 2.19. The summed E-state index contributed by atoms with van der Waals surface area (Å²) in [5.74, 6) is 0.714. The van der Waals surface area contributed by atoms with Gasteiger partial charge in [0.15, 0.2) is 0 Å². The van der Waals surface area contributed by atoms with Gasteiger partial charge < -0.3 is 15.0 Å². The van der Waals surface area contributed by atoms with Gasteiger partial charge in [-0.25, -0.2) is 4.98 Å². The van der Waals surface area contributed by atoms with Crippen LogP contribution in [0.5, 0.6) is 5.88 Å². The standard InChI is InChI=1S/C16H23N3O3/c1-3-14(20)18-12-5-6-15(17-11-12)22-13-7-9-19(10-8-13)16(21)4-2/h5-6,11,13H,3-4,7-10H2,1-2H3,(H,18,20). The zero-order chi connectivity index (χ0) is 15.9.